The van der Waals surface area contributed by atoms with Gasteiger partial charge in [-0.15, -0.1) is 0 Å². The molecule has 0 saturated heterocycles. The average molecular weight is 397 g/mol. The number of pyridine rings is 2. The molecule has 1 aromatic carbocycles. The van der Waals surface area contributed by atoms with E-state index in [1.165, 1.54) is 12.7 Å². The number of methoxy groups -OCH3 is 1. The molecule has 0 bridgehead atoms. The summed E-state index contributed by atoms with van der Waals surface area (Å²) in [5.41, 5.74) is 2.93. The number of aromatic nitrogens is 2. The van der Waals surface area contributed by atoms with E-state index in [0.717, 1.165) is 18.7 Å². The molecule has 2 aromatic heterocycles. The molecule has 0 saturated carbocycles. The second kappa shape index (κ2) is 9.19. The highest BCUT2D eigenvalue weighted by atomic mass is 35.5. The zero-order valence-electron chi connectivity index (χ0n) is 15.7. The van der Waals surface area contributed by atoms with Crippen LogP contribution < -0.4 is 15.0 Å². The number of anilines is 2. The number of nitrogens with zero attached hydrogens (tertiary/aromatic N) is 3. The number of carbonyl (C=O) groups is 1. The zero-order chi connectivity index (χ0) is 19.9. The Kier molecular flexibility index (Phi) is 6.45. The van der Waals surface area contributed by atoms with Crippen molar-refractivity contribution in [1.29, 1.82) is 0 Å². The first kappa shape index (κ1) is 19.6. The Morgan fingerprint density at radius 3 is 2.68 bits per heavy atom. The van der Waals surface area contributed by atoms with Crippen molar-refractivity contribution in [3.05, 3.63) is 77.3 Å². The molecule has 7 heteroatoms. The van der Waals surface area contributed by atoms with E-state index in [1.54, 1.807) is 42.9 Å². The lowest BCUT2D eigenvalue weighted by molar-refractivity contribution is 0.102. The molecule has 0 unspecified atom stereocenters. The molecule has 3 aromatic rings. The first-order valence-corrected chi connectivity index (χ1v) is 9.15. The van der Waals surface area contributed by atoms with Crippen LogP contribution >= 0.6 is 11.6 Å². The highest BCUT2D eigenvalue weighted by Crippen LogP contribution is 2.28. The largest absolute Gasteiger partial charge is 0.495 e. The van der Waals surface area contributed by atoms with E-state index in [2.05, 4.69) is 20.2 Å². The van der Waals surface area contributed by atoms with Crippen LogP contribution in [0, 0.1) is 0 Å². The molecule has 0 spiro atoms. The molecule has 6 nitrogen and oxygen atoms in total. The third-order valence-electron chi connectivity index (χ3n) is 4.31. The normalized spacial score (nSPS) is 10.4. The first-order chi connectivity index (χ1) is 13.6. The van der Waals surface area contributed by atoms with Crippen LogP contribution in [0.3, 0.4) is 0 Å². The summed E-state index contributed by atoms with van der Waals surface area (Å²) < 4.78 is 5.27. The standard InChI is InChI=1S/C21H21ClN4O2/c1-26(12-8-15-5-9-23-10-6-15)17-7-11-24-19(14-17)21(27)25-18-13-16(22)3-4-20(18)28-2/h3-7,9-11,13-14H,8,12H2,1-2H3,(H,25,27). The van der Waals surface area contributed by atoms with Crippen molar-refractivity contribution in [2.24, 2.45) is 0 Å². The molecule has 0 atom stereocenters. The molecule has 0 aliphatic carbocycles. The van der Waals surface area contributed by atoms with Gasteiger partial charge in [0.15, 0.2) is 0 Å². The van der Waals surface area contributed by atoms with Crippen molar-refractivity contribution < 1.29 is 9.53 Å². The predicted octanol–water partition coefficient (Wildman–Crippen LogP) is 4.07. The summed E-state index contributed by atoms with van der Waals surface area (Å²) in [4.78, 5) is 23.0. The van der Waals surface area contributed by atoms with Crippen LogP contribution in [0.15, 0.2) is 61.1 Å². The van der Waals surface area contributed by atoms with Gasteiger partial charge in [-0.1, -0.05) is 11.6 Å². The minimum atomic E-state index is -0.329. The molecular formula is C21H21ClN4O2. The van der Waals surface area contributed by atoms with Gasteiger partial charge in [0.05, 0.1) is 12.8 Å². The Balaban J connectivity index is 1.70. The lowest BCUT2D eigenvalue weighted by Crippen LogP contribution is -2.21. The third-order valence-corrected chi connectivity index (χ3v) is 4.55. The minimum Gasteiger partial charge on any atom is -0.495 e. The zero-order valence-corrected chi connectivity index (χ0v) is 16.5. The second-order valence-corrected chi connectivity index (χ2v) is 6.66. The molecule has 144 valence electrons. The number of carbonyl (C=O) groups excluding carboxylic acids is 1. The summed E-state index contributed by atoms with van der Waals surface area (Å²) >= 11 is 6.02. The number of halogens is 1. The monoisotopic (exact) mass is 396 g/mol. The Labute approximate surface area is 169 Å². The minimum absolute atomic E-state index is 0.315. The van der Waals surface area contributed by atoms with E-state index < -0.39 is 0 Å². The van der Waals surface area contributed by atoms with Crippen molar-refractivity contribution in [2.45, 2.75) is 6.42 Å². The number of nitrogens with one attached hydrogen (secondary N) is 1. The quantitative estimate of drug-likeness (QED) is 0.652. The van der Waals surface area contributed by atoms with Crippen LogP contribution in [0.4, 0.5) is 11.4 Å². The van der Waals surface area contributed by atoms with Gasteiger partial charge in [-0.25, -0.2) is 0 Å². The van der Waals surface area contributed by atoms with Gasteiger partial charge in [0.25, 0.3) is 5.91 Å². The van der Waals surface area contributed by atoms with Crippen molar-refractivity contribution in [1.82, 2.24) is 9.97 Å². The summed E-state index contributed by atoms with van der Waals surface area (Å²) in [5.74, 6) is 0.202. The van der Waals surface area contributed by atoms with Crippen LogP contribution in [0.1, 0.15) is 16.1 Å². The lowest BCUT2D eigenvalue weighted by atomic mass is 10.2. The Bertz CT molecular complexity index is 950. The van der Waals surface area contributed by atoms with Crippen LogP contribution in [-0.2, 0) is 6.42 Å². The molecule has 0 fully saturated rings. The number of hydrogen-bond donors (Lipinski definition) is 1. The summed E-state index contributed by atoms with van der Waals surface area (Å²) in [5, 5.41) is 3.31. The van der Waals surface area contributed by atoms with Gasteiger partial charge in [0, 0.05) is 42.9 Å². The first-order valence-electron chi connectivity index (χ1n) is 8.78. The molecule has 3 rings (SSSR count). The SMILES string of the molecule is COc1ccc(Cl)cc1NC(=O)c1cc(N(C)CCc2ccncc2)ccn1. The van der Waals surface area contributed by atoms with E-state index in [-0.39, 0.29) is 5.91 Å². The maximum atomic E-state index is 12.6. The number of amides is 1. The topological polar surface area (TPSA) is 67.3 Å². The van der Waals surface area contributed by atoms with Gasteiger partial charge < -0.3 is 15.0 Å². The fourth-order valence-corrected chi connectivity index (χ4v) is 2.89. The summed E-state index contributed by atoms with van der Waals surface area (Å²) in [6.07, 6.45) is 6.08. The van der Waals surface area contributed by atoms with Gasteiger partial charge in [-0.05, 0) is 54.4 Å². The molecule has 1 amide bonds. The Morgan fingerprint density at radius 1 is 1.14 bits per heavy atom. The molecule has 1 N–H and O–H groups in total. The van der Waals surface area contributed by atoms with Gasteiger partial charge in [-0.2, -0.15) is 0 Å². The van der Waals surface area contributed by atoms with E-state index >= 15 is 0 Å². The fraction of sp³-hybridized carbons (Fsp3) is 0.190. The molecule has 0 aliphatic heterocycles. The number of rotatable bonds is 7. The number of hydrogen-bond acceptors (Lipinski definition) is 5. The van der Waals surface area contributed by atoms with Crippen LogP contribution in [-0.4, -0.2) is 36.6 Å². The maximum absolute atomic E-state index is 12.6. The molecule has 0 radical (unpaired) electrons. The predicted molar refractivity (Wildman–Crippen MR) is 111 cm³/mol. The van der Waals surface area contributed by atoms with Crippen molar-refractivity contribution >= 4 is 28.9 Å². The third kappa shape index (κ3) is 4.98. The number of benzene rings is 1. The van der Waals surface area contributed by atoms with Crippen molar-refractivity contribution in [2.75, 3.05) is 30.9 Å². The number of likely N-dealkylation sites (N-methyl/N-ethyl adjacent to an activating group) is 1. The van der Waals surface area contributed by atoms with E-state index in [1.807, 2.05) is 25.2 Å². The lowest BCUT2D eigenvalue weighted by Gasteiger charge is -2.19. The van der Waals surface area contributed by atoms with Crippen LogP contribution in [0.5, 0.6) is 5.75 Å². The highest BCUT2D eigenvalue weighted by molar-refractivity contribution is 6.31. The van der Waals surface area contributed by atoms with E-state index in [9.17, 15) is 4.79 Å². The van der Waals surface area contributed by atoms with Crippen molar-refractivity contribution in [3.8, 4) is 5.75 Å². The molecular weight excluding hydrogens is 376 g/mol. The fourth-order valence-electron chi connectivity index (χ4n) is 2.72. The van der Waals surface area contributed by atoms with Gasteiger partial charge in [0.1, 0.15) is 11.4 Å². The van der Waals surface area contributed by atoms with E-state index in [4.69, 9.17) is 16.3 Å². The van der Waals surface area contributed by atoms with Gasteiger partial charge in [-0.3, -0.25) is 14.8 Å². The van der Waals surface area contributed by atoms with Crippen LogP contribution in [0.2, 0.25) is 5.02 Å². The highest BCUT2D eigenvalue weighted by Gasteiger charge is 2.13. The number of ether oxygens (including phenoxy) is 1. The molecule has 0 aliphatic rings. The maximum Gasteiger partial charge on any atom is 0.274 e. The smallest absolute Gasteiger partial charge is 0.274 e. The summed E-state index contributed by atoms with van der Waals surface area (Å²) in [7, 11) is 3.52. The average Bonchev–Trinajstić information content (AvgIpc) is 2.73. The van der Waals surface area contributed by atoms with E-state index in [0.29, 0.717) is 22.2 Å². The van der Waals surface area contributed by atoms with Gasteiger partial charge in [0.2, 0.25) is 0 Å². The summed E-state index contributed by atoms with van der Waals surface area (Å²) in [6, 6.07) is 12.7. The second-order valence-electron chi connectivity index (χ2n) is 6.23. The van der Waals surface area contributed by atoms with Crippen molar-refractivity contribution in [3.63, 3.8) is 0 Å². The Morgan fingerprint density at radius 2 is 1.93 bits per heavy atom. The Hall–Kier alpha value is -3.12. The van der Waals surface area contributed by atoms with Gasteiger partial charge >= 0.3 is 0 Å². The van der Waals surface area contributed by atoms with Crippen LogP contribution in [0.25, 0.3) is 0 Å². The molecule has 2 heterocycles. The molecule has 28 heavy (non-hydrogen) atoms. The summed E-state index contributed by atoms with van der Waals surface area (Å²) in [6.45, 7) is 0.803.